The Kier molecular flexibility index (Phi) is 6.70. The van der Waals surface area contributed by atoms with Gasteiger partial charge in [-0.25, -0.2) is 9.59 Å². The molecule has 7 nitrogen and oxygen atoms in total. The molecule has 172 valence electrons. The van der Waals surface area contributed by atoms with Crippen LogP contribution in [0.5, 0.6) is 0 Å². The van der Waals surface area contributed by atoms with Gasteiger partial charge >= 0.3 is 12.1 Å². The summed E-state index contributed by atoms with van der Waals surface area (Å²) in [4.78, 5) is 31.1. The number of nitrogens with one attached hydrogen (secondary N) is 1. The Labute approximate surface area is 187 Å². The Morgan fingerprint density at radius 1 is 1.10 bits per heavy atom. The number of amides is 3. The van der Waals surface area contributed by atoms with E-state index in [0.717, 1.165) is 58.4 Å². The van der Waals surface area contributed by atoms with Crippen LogP contribution >= 0.6 is 0 Å². The second kappa shape index (κ2) is 9.47. The van der Waals surface area contributed by atoms with Crippen LogP contribution in [0.3, 0.4) is 0 Å². The Bertz CT molecular complexity index is 789. The molecule has 0 atom stereocenters. The molecular weight excluding hydrogens is 392 g/mol. The van der Waals surface area contributed by atoms with Crippen LogP contribution in [0, 0.1) is 0 Å². The van der Waals surface area contributed by atoms with Crippen molar-refractivity contribution >= 4 is 12.1 Å². The highest BCUT2D eigenvalue weighted by molar-refractivity contribution is 5.75. The molecule has 31 heavy (non-hydrogen) atoms. The molecule has 3 aliphatic heterocycles. The van der Waals surface area contributed by atoms with Gasteiger partial charge in [-0.05, 0) is 63.7 Å². The van der Waals surface area contributed by atoms with Crippen molar-refractivity contribution in [3.63, 3.8) is 0 Å². The summed E-state index contributed by atoms with van der Waals surface area (Å²) in [5.74, 6) is 0. The van der Waals surface area contributed by atoms with E-state index < -0.39 is 0 Å². The lowest BCUT2D eigenvalue weighted by molar-refractivity contribution is 0.0471. The monoisotopic (exact) mass is 430 g/mol. The average molecular weight is 431 g/mol. The largest absolute Gasteiger partial charge is 0.450 e. The summed E-state index contributed by atoms with van der Waals surface area (Å²) in [5.41, 5.74) is 2.77. The van der Waals surface area contributed by atoms with Crippen molar-refractivity contribution in [3.8, 4) is 0 Å². The lowest BCUT2D eigenvalue weighted by Gasteiger charge is -2.50. The van der Waals surface area contributed by atoms with Gasteiger partial charge in [0.25, 0.3) is 0 Å². The summed E-state index contributed by atoms with van der Waals surface area (Å²) >= 11 is 0. The first-order chi connectivity index (χ1) is 15.1. The van der Waals surface area contributed by atoms with Crippen molar-refractivity contribution in [1.29, 1.82) is 0 Å². The van der Waals surface area contributed by atoms with Gasteiger partial charge in [0.15, 0.2) is 0 Å². The summed E-state index contributed by atoms with van der Waals surface area (Å²) in [6.45, 7) is 10.0. The second-order valence-corrected chi connectivity index (χ2v) is 9.08. The standard InChI is InChI=1S/C24H36N4O3.H2/c1-3-25-22(29)28-17-19-7-5-6-8-21(19)24(18-28)11-15-26(16-12-24)20-9-13-27(14-10-20)23(30)31-4-2;/h5-8,20H,3-4,9-18H2,1-2H3,(H,25,29);1H. The Morgan fingerprint density at radius 2 is 1.81 bits per heavy atom. The fourth-order valence-electron chi connectivity index (χ4n) is 5.67. The van der Waals surface area contributed by atoms with Gasteiger partial charge in [-0.3, -0.25) is 0 Å². The van der Waals surface area contributed by atoms with Crippen LogP contribution in [-0.4, -0.2) is 78.7 Å². The average Bonchev–Trinajstić information content (AvgIpc) is 2.80. The van der Waals surface area contributed by atoms with Gasteiger partial charge < -0.3 is 24.8 Å². The number of fused-ring (bicyclic) bond motifs is 2. The minimum atomic E-state index is -0.178. The first-order valence-electron chi connectivity index (χ1n) is 11.8. The fourth-order valence-corrected chi connectivity index (χ4v) is 5.67. The Hall–Kier alpha value is -2.28. The maximum absolute atomic E-state index is 12.6. The number of likely N-dealkylation sites (tertiary alicyclic amines) is 2. The summed E-state index contributed by atoms with van der Waals surface area (Å²) in [6.07, 6.45) is 3.97. The zero-order valence-corrected chi connectivity index (χ0v) is 18.9. The number of hydrogen-bond acceptors (Lipinski definition) is 4. The summed E-state index contributed by atoms with van der Waals surface area (Å²) in [6, 6.07) is 9.25. The number of piperidine rings is 2. The van der Waals surface area contributed by atoms with Crippen LogP contribution in [0.1, 0.15) is 52.1 Å². The molecule has 0 saturated carbocycles. The summed E-state index contributed by atoms with van der Waals surface area (Å²) < 4.78 is 5.15. The van der Waals surface area contributed by atoms with E-state index in [1.807, 2.05) is 23.6 Å². The first kappa shape index (κ1) is 21.9. The number of nitrogens with zero attached hydrogens (tertiary/aromatic N) is 3. The minimum Gasteiger partial charge on any atom is -0.450 e. The highest BCUT2D eigenvalue weighted by atomic mass is 16.6. The van der Waals surface area contributed by atoms with E-state index in [1.54, 1.807) is 0 Å². The van der Waals surface area contributed by atoms with Crippen LogP contribution in [-0.2, 0) is 16.7 Å². The molecule has 3 heterocycles. The summed E-state index contributed by atoms with van der Waals surface area (Å²) in [7, 11) is 0. The topological polar surface area (TPSA) is 65.1 Å². The van der Waals surface area contributed by atoms with Gasteiger partial charge in [0.05, 0.1) is 6.61 Å². The predicted molar refractivity (Wildman–Crippen MR) is 122 cm³/mol. The van der Waals surface area contributed by atoms with Gasteiger partial charge in [0.2, 0.25) is 0 Å². The highest BCUT2D eigenvalue weighted by Crippen LogP contribution is 2.42. The van der Waals surface area contributed by atoms with Gasteiger partial charge in [-0.15, -0.1) is 0 Å². The maximum Gasteiger partial charge on any atom is 0.409 e. The molecule has 1 aromatic carbocycles. The van der Waals surface area contributed by atoms with Crippen molar-refractivity contribution in [2.75, 3.05) is 45.9 Å². The van der Waals surface area contributed by atoms with E-state index in [-0.39, 0.29) is 19.0 Å². The molecule has 0 radical (unpaired) electrons. The number of ether oxygens (including phenoxy) is 1. The molecule has 1 spiro atoms. The van der Waals surface area contributed by atoms with Crippen molar-refractivity contribution < 1.29 is 15.8 Å². The Balaban J connectivity index is 0.00000289. The lowest BCUT2D eigenvalue weighted by atomic mass is 9.68. The number of hydrogen-bond donors (Lipinski definition) is 1. The normalized spacial score (nSPS) is 21.6. The van der Waals surface area contributed by atoms with Crippen molar-refractivity contribution in [2.45, 2.75) is 57.5 Å². The molecule has 1 N–H and O–H groups in total. The van der Waals surface area contributed by atoms with E-state index in [9.17, 15) is 9.59 Å². The van der Waals surface area contributed by atoms with Gasteiger partial charge in [0.1, 0.15) is 0 Å². The van der Waals surface area contributed by atoms with Crippen molar-refractivity contribution in [2.24, 2.45) is 0 Å². The molecule has 2 saturated heterocycles. The number of carbonyl (C=O) groups is 2. The fraction of sp³-hybridized carbons (Fsp3) is 0.667. The third-order valence-corrected chi connectivity index (χ3v) is 7.32. The molecule has 0 unspecified atom stereocenters. The number of rotatable bonds is 3. The van der Waals surface area contributed by atoms with Crippen molar-refractivity contribution in [3.05, 3.63) is 35.4 Å². The van der Waals surface area contributed by atoms with E-state index in [2.05, 4.69) is 34.5 Å². The van der Waals surface area contributed by atoms with Crippen molar-refractivity contribution in [1.82, 2.24) is 20.0 Å². The minimum absolute atomic E-state index is 0. The van der Waals surface area contributed by atoms with Gasteiger partial charge in [-0.2, -0.15) is 0 Å². The lowest BCUT2D eigenvalue weighted by Crippen LogP contribution is -2.57. The van der Waals surface area contributed by atoms with Crippen LogP contribution < -0.4 is 5.32 Å². The van der Waals surface area contributed by atoms with Crippen LogP contribution in [0.4, 0.5) is 9.59 Å². The highest BCUT2D eigenvalue weighted by Gasteiger charge is 2.44. The molecule has 1 aromatic rings. The molecule has 3 aliphatic rings. The predicted octanol–water partition coefficient (Wildman–Crippen LogP) is 3.43. The van der Waals surface area contributed by atoms with E-state index in [1.165, 1.54) is 11.1 Å². The molecule has 0 aromatic heterocycles. The Morgan fingerprint density at radius 3 is 2.48 bits per heavy atom. The maximum atomic E-state index is 12.6. The first-order valence-corrected chi connectivity index (χ1v) is 11.8. The molecule has 4 rings (SSSR count). The zero-order valence-electron chi connectivity index (χ0n) is 18.9. The molecular formula is C24H38N4O3. The smallest absolute Gasteiger partial charge is 0.409 e. The van der Waals surface area contributed by atoms with Gasteiger partial charge in [-0.1, -0.05) is 24.3 Å². The third kappa shape index (κ3) is 4.52. The quantitative estimate of drug-likeness (QED) is 0.798. The molecule has 0 aliphatic carbocycles. The summed E-state index contributed by atoms with van der Waals surface area (Å²) in [5, 5.41) is 2.98. The molecule has 3 amide bonds. The third-order valence-electron chi connectivity index (χ3n) is 7.32. The van der Waals surface area contributed by atoms with Gasteiger partial charge in [0, 0.05) is 45.6 Å². The van der Waals surface area contributed by atoms with E-state index in [0.29, 0.717) is 25.7 Å². The SMILES string of the molecule is CCNC(=O)N1Cc2ccccc2C2(CCN(C3CCN(C(=O)OCC)CC3)CC2)C1.[HH]. The number of carbonyl (C=O) groups excluding carboxylic acids is 2. The molecule has 2 fully saturated rings. The number of urea groups is 1. The van der Waals surface area contributed by atoms with Crippen LogP contribution in [0.2, 0.25) is 0 Å². The number of benzene rings is 1. The zero-order chi connectivity index (χ0) is 21.8. The molecule has 7 heteroatoms. The van der Waals surface area contributed by atoms with E-state index >= 15 is 0 Å². The van der Waals surface area contributed by atoms with Crippen LogP contribution in [0.15, 0.2) is 24.3 Å². The van der Waals surface area contributed by atoms with Crippen LogP contribution in [0.25, 0.3) is 0 Å². The molecule has 0 bridgehead atoms. The van der Waals surface area contributed by atoms with E-state index in [4.69, 9.17) is 4.74 Å². The second-order valence-electron chi connectivity index (χ2n) is 9.08.